The maximum Gasteiger partial charge on any atom is 0.264 e. The first-order chi connectivity index (χ1) is 14.9. The predicted octanol–water partition coefficient (Wildman–Crippen LogP) is 2.46. The fourth-order valence-corrected chi connectivity index (χ4v) is 5.83. The van der Waals surface area contributed by atoms with Crippen LogP contribution >= 0.6 is 0 Å². The summed E-state index contributed by atoms with van der Waals surface area (Å²) < 4.78 is 74.3. The summed E-state index contributed by atoms with van der Waals surface area (Å²) in [7, 11) is -8.65. The molecule has 2 N–H and O–H groups in total. The molecule has 0 aromatic carbocycles. The first-order valence-corrected chi connectivity index (χ1v) is 18.1. The van der Waals surface area contributed by atoms with Crippen LogP contribution in [-0.4, -0.2) is 103 Å². The maximum absolute atomic E-state index is 11.1. The van der Waals surface area contributed by atoms with Crippen molar-refractivity contribution < 1.29 is 39.9 Å². The van der Waals surface area contributed by atoms with Crippen molar-refractivity contribution in [2.75, 3.05) is 64.1 Å². The Kier molecular flexibility index (Phi) is 17.3. The van der Waals surface area contributed by atoms with Gasteiger partial charge in [0, 0.05) is 15.4 Å². The monoisotopic (exact) mass is 520 g/mol. The third kappa shape index (κ3) is 20.5. The molecule has 0 heterocycles. The van der Waals surface area contributed by atoms with Gasteiger partial charge in [-0.1, -0.05) is 26.1 Å². The first-order valence-electron chi connectivity index (χ1n) is 11.8. The van der Waals surface area contributed by atoms with Gasteiger partial charge in [-0.05, 0) is 38.5 Å². The molecule has 0 bridgehead atoms. The molecule has 0 aromatic heterocycles. The van der Waals surface area contributed by atoms with Gasteiger partial charge >= 0.3 is 0 Å². The van der Waals surface area contributed by atoms with Crippen LogP contribution in [-0.2, 0) is 29.7 Å². The number of hydrogen-bond donors (Lipinski definition) is 2. The fraction of sp³-hybridized carbons (Fsp3) is 1.00. The number of nitrogens with zero attached hydrogens (tertiary/aromatic N) is 1. The molecule has 0 aromatic rings. The van der Waals surface area contributed by atoms with E-state index in [1.807, 2.05) is 0 Å². The molecule has 32 heavy (non-hydrogen) atoms. The third-order valence-electron chi connectivity index (χ3n) is 5.41. The molecular weight excluding hydrogens is 474 g/mol. The Hall–Kier alpha value is -0.0831. The van der Waals surface area contributed by atoms with Gasteiger partial charge in [0.25, 0.3) is 20.2 Å². The fourth-order valence-electron chi connectivity index (χ4n) is 3.69. The molecule has 0 aliphatic carbocycles. The standard InChI is InChI=1S/C20H45NO8S2Si/c1-4-14-28-16-17-29-15-13-21(12-9-20-32(2)3,10-5-7-18-30(22,23)24)11-6-8-19-31(25,26)27/h32H,4-20H2,1-3H3,(H-,22,23,24,25,26,27)/p+1. The Morgan fingerprint density at radius 2 is 1.16 bits per heavy atom. The van der Waals surface area contributed by atoms with Crippen LogP contribution in [0.25, 0.3) is 0 Å². The van der Waals surface area contributed by atoms with E-state index in [0.717, 1.165) is 43.5 Å². The quantitative estimate of drug-likeness (QED) is 0.0964. The molecule has 0 rings (SSSR count). The lowest BCUT2D eigenvalue weighted by molar-refractivity contribution is -0.929. The summed E-state index contributed by atoms with van der Waals surface area (Å²) in [5.41, 5.74) is 0. The van der Waals surface area contributed by atoms with Crippen molar-refractivity contribution in [3.63, 3.8) is 0 Å². The molecule has 0 unspecified atom stereocenters. The number of ether oxygens (including phenoxy) is 2. The van der Waals surface area contributed by atoms with E-state index in [4.69, 9.17) is 18.6 Å². The normalized spacial score (nSPS) is 13.2. The molecule has 0 saturated heterocycles. The Morgan fingerprint density at radius 3 is 1.59 bits per heavy atom. The zero-order chi connectivity index (χ0) is 24.5. The van der Waals surface area contributed by atoms with E-state index in [-0.39, 0.29) is 11.5 Å². The molecule has 0 fully saturated rings. The van der Waals surface area contributed by atoms with Gasteiger partial charge in [-0.3, -0.25) is 9.11 Å². The minimum absolute atomic E-state index is 0.250. The zero-order valence-electron chi connectivity index (χ0n) is 20.2. The summed E-state index contributed by atoms with van der Waals surface area (Å²) in [6, 6.07) is 1.21. The van der Waals surface area contributed by atoms with Crippen LogP contribution in [0.15, 0.2) is 0 Å². The van der Waals surface area contributed by atoms with Crippen molar-refractivity contribution >= 4 is 29.0 Å². The summed E-state index contributed by atoms with van der Waals surface area (Å²) in [4.78, 5) is 0. The van der Waals surface area contributed by atoms with Crippen LogP contribution in [0.3, 0.4) is 0 Å². The van der Waals surface area contributed by atoms with Crippen LogP contribution in [0.5, 0.6) is 0 Å². The minimum Gasteiger partial charge on any atom is -0.379 e. The SMILES string of the molecule is CCCOCCOCC[N+](CCCCS(=O)(=O)O)(CCCCS(=O)(=O)O)CCC[SiH](C)C. The van der Waals surface area contributed by atoms with Crippen molar-refractivity contribution in [3.8, 4) is 0 Å². The molecule has 0 atom stereocenters. The number of unbranched alkanes of at least 4 members (excludes halogenated alkanes) is 2. The lowest BCUT2D eigenvalue weighted by atomic mass is 10.2. The predicted molar refractivity (Wildman–Crippen MR) is 131 cm³/mol. The molecule has 194 valence electrons. The highest BCUT2D eigenvalue weighted by Gasteiger charge is 2.27. The van der Waals surface area contributed by atoms with Crippen molar-refractivity contribution in [2.45, 2.75) is 64.6 Å². The molecule has 12 heteroatoms. The highest BCUT2D eigenvalue weighted by Crippen LogP contribution is 2.16. The average Bonchev–Trinajstić information content (AvgIpc) is 2.66. The summed E-state index contributed by atoms with van der Waals surface area (Å²) in [5.74, 6) is -0.500. The number of rotatable bonds is 22. The lowest BCUT2D eigenvalue weighted by Crippen LogP contribution is -2.52. The topological polar surface area (TPSA) is 127 Å². The van der Waals surface area contributed by atoms with E-state index < -0.39 is 29.0 Å². The van der Waals surface area contributed by atoms with Gasteiger partial charge in [-0.2, -0.15) is 16.8 Å². The van der Waals surface area contributed by atoms with Crippen LogP contribution in [0.1, 0.15) is 45.4 Å². The van der Waals surface area contributed by atoms with Crippen molar-refractivity contribution in [1.82, 2.24) is 0 Å². The maximum atomic E-state index is 11.1. The van der Waals surface area contributed by atoms with Gasteiger partial charge < -0.3 is 14.0 Å². The molecule has 0 aliphatic heterocycles. The molecular formula is C20H46NO8S2Si+. The minimum atomic E-state index is -3.97. The van der Waals surface area contributed by atoms with Gasteiger partial charge in [0.2, 0.25) is 0 Å². The Morgan fingerprint density at radius 1 is 0.688 bits per heavy atom. The van der Waals surface area contributed by atoms with Crippen LogP contribution < -0.4 is 0 Å². The van der Waals surface area contributed by atoms with Gasteiger partial charge in [-0.15, -0.1) is 0 Å². The molecule has 0 saturated carbocycles. The van der Waals surface area contributed by atoms with E-state index in [1.54, 1.807) is 0 Å². The largest absolute Gasteiger partial charge is 0.379 e. The molecule has 9 nitrogen and oxygen atoms in total. The Balaban J connectivity index is 5.00. The third-order valence-corrected chi connectivity index (χ3v) is 8.59. The Bertz CT molecular complexity index is 631. The average molecular weight is 521 g/mol. The lowest BCUT2D eigenvalue weighted by Gasteiger charge is -2.39. The van der Waals surface area contributed by atoms with E-state index in [9.17, 15) is 16.8 Å². The van der Waals surface area contributed by atoms with E-state index >= 15 is 0 Å². The highest BCUT2D eigenvalue weighted by atomic mass is 32.2. The second kappa shape index (κ2) is 17.4. The van der Waals surface area contributed by atoms with Crippen molar-refractivity contribution in [1.29, 1.82) is 0 Å². The molecule has 0 radical (unpaired) electrons. The van der Waals surface area contributed by atoms with E-state index in [0.29, 0.717) is 52.1 Å². The zero-order valence-corrected chi connectivity index (χ0v) is 23.0. The van der Waals surface area contributed by atoms with Gasteiger partial charge in [0.1, 0.15) is 6.54 Å². The first kappa shape index (κ1) is 31.9. The molecule has 0 amide bonds. The number of hydrogen-bond acceptors (Lipinski definition) is 6. The van der Waals surface area contributed by atoms with Crippen LogP contribution in [0.2, 0.25) is 19.1 Å². The highest BCUT2D eigenvalue weighted by molar-refractivity contribution is 7.86. The van der Waals surface area contributed by atoms with Gasteiger partial charge in [0.15, 0.2) is 0 Å². The van der Waals surface area contributed by atoms with E-state index in [2.05, 4.69) is 20.0 Å². The molecule has 0 aliphatic rings. The number of quaternary nitrogens is 1. The summed E-state index contributed by atoms with van der Waals surface area (Å²) in [5, 5.41) is 0. The van der Waals surface area contributed by atoms with Crippen LogP contribution in [0.4, 0.5) is 0 Å². The summed E-state index contributed by atoms with van der Waals surface area (Å²) in [6.07, 6.45) is 4.10. The summed E-state index contributed by atoms with van der Waals surface area (Å²) in [6.45, 7) is 12.2. The Labute approximate surface area is 197 Å². The van der Waals surface area contributed by atoms with E-state index in [1.165, 1.54) is 6.04 Å². The smallest absolute Gasteiger partial charge is 0.264 e. The van der Waals surface area contributed by atoms with Gasteiger partial charge in [-0.25, -0.2) is 0 Å². The molecule has 0 spiro atoms. The summed E-state index contributed by atoms with van der Waals surface area (Å²) >= 11 is 0. The second-order valence-corrected chi connectivity index (χ2v) is 15.5. The van der Waals surface area contributed by atoms with Crippen molar-refractivity contribution in [3.05, 3.63) is 0 Å². The van der Waals surface area contributed by atoms with Crippen molar-refractivity contribution in [2.24, 2.45) is 0 Å². The van der Waals surface area contributed by atoms with Crippen LogP contribution in [0, 0.1) is 0 Å². The second-order valence-electron chi connectivity index (χ2n) is 8.98. The van der Waals surface area contributed by atoms with Gasteiger partial charge in [0.05, 0.1) is 51.0 Å².